The molecule has 0 aliphatic heterocycles. The number of aromatic amines is 1. The van der Waals surface area contributed by atoms with Crippen LogP contribution in [-0.2, 0) is 10.0 Å². The van der Waals surface area contributed by atoms with Gasteiger partial charge in [-0.2, -0.15) is 5.10 Å². The molecule has 2 unspecified atom stereocenters. The van der Waals surface area contributed by atoms with Gasteiger partial charge < -0.3 is 0 Å². The van der Waals surface area contributed by atoms with Gasteiger partial charge in [-0.1, -0.05) is 6.92 Å². The van der Waals surface area contributed by atoms with E-state index in [4.69, 9.17) is 0 Å². The molecule has 6 heteroatoms. The quantitative estimate of drug-likeness (QED) is 0.801. The molecule has 0 spiro atoms. The number of H-pyrrole nitrogens is 1. The van der Waals surface area contributed by atoms with Crippen molar-refractivity contribution in [1.29, 1.82) is 0 Å². The van der Waals surface area contributed by atoms with Crippen molar-refractivity contribution in [2.24, 2.45) is 5.92 Å². The fourth-order valence-electron chi connectivity index (χ4n) is 1.68. The van der Waals surface area contributed by atoms with Crippen LogP contribution in [0, 0.1) is 19.8 Å². The molecule has 0 aromatic carbocycles. The Morgan fingerprint density at radius 1 is 1.47 bits per heavy atom. The summed E-state index contributed by atoms with van der Waals surface area (Å²) in [7, 11) is -3.39. The lowest BCUT2D eigenvalue weighted by atomic mass is 10.4. The van der Waals surface area contributed by atoms with Gasteiger partial charge >= 0.3 is 0 Å². The van der Waals surface area contributed by atoms with Gasteiger partial charge in [0.1, 0.15) is 4.90 Å². The van der Waals surface area contributed by atoms with Gasteiger partial charge in [-0.15, -0.1) is 0 Å². The summed E-state index contributed by atoms with van der Waals surface area (Å²) in [5.74, 6) is 0.451. The van der Waals surface area contributed by atoms with E-state index in [0.29, 0.717) is 22.2 Å². The van der Waals surface area contributed by atoms with Gasteiger partial charge in [0, 0.05) is 6.04 Å². The average molecular weight is 229 g/mol. The molecule has 1 aromatic heterocycles. The number of rotatable bonds is 3. The number of nitrogens with one attached hydrogen (secondary N) is 2. The first-order chi connectivity index (χ1) is 6.92. The Hall–Kier alpha value is -0.880. The first-order valence-electron chi connectivity index (χ1n) is 4.95. The Morgan fingerprint density at radius 2 is 2.07 bits per heavy atom. The average Bonchev–Trinajstić information content (AvgIpc) is 2.63. The Bertz CT molecular complexity index is 458. The standard InChI is InChI=1S/C9H15N3O2S/c1-5-4-8(5)12-15(13,14)9-6(2)10-11-7(9)3/h5,8,12H,4H2,1-3H3,(H,10,11). The third kappa shape index (κ3) is 1.91. The Kier molecular flexibility index (Phi) is 2.35. The molecule has 0 radical (unpaired) electrons. The van der Waals surface area contributed by atoms with Crippen molar-refractivity contribution in [2.45, 2.75) is 38.1 Å². The largest absolute Gasteiger partial charge is 0.281 e. The first kappa shape index (κ1) is 10.6. The van der Waals surface area contributed by atoms with Crippen LogP contribution >= 0.6 is 0 Å². The molecule has 2 N–H and O–H groups in total. The molecule has 1 aromatic rings. The molecule has 1 heterocycles. The number of nitrogens with zero attached hydrogens (tertiary/aromatic N) is 1. The van der Waals surface area contributed by atoms with Crippen molar-refractivity contribution >= 4 is 10.0 Å². The highest BCUT2D eigenvalue weighted by molar-refractivity contribution is 7.89. The van der Waals surface area contributed by atoms with Gasteiger partial charge in [-0.25, -0.2) is 13.1 Å². The highest BCUT2D eigenvalue weighted by atomic mass is 32.2. The van der Waals surface area contributed by atoms with Gasteiger partial charge in [0.2, 0.25) is 10.0 Å². The molecule has 1 saturated carbocycles. The predicted molar refractivity (Wildman–Crippen MR) is 56.0 cm³/mol. The Balaban J connectivity index is 2.29. The van der Waals surface area contributed by atoms with Crippen molar-refractivity contribution in [3.05, 3.63) is 11.4 Å². The van der Waals surface area contributed by atoms with Crippen molar-refractivity contribution in [3.63, 3.8) is 0 Å². The zero-order valence-electron chi connectivity index (χ0n) is 9.03. The molecular formula is C9H15N3O2S. The fraction of sp³-hybridized carbons (Fsp3) is 0.667. The molecule has 0 amide bonds. The number of sulfonamides is 1. The van der Waals surface area contributed by atoms with E-state index in [1.54, 1.807) is 13.8 Å². The summed E-state index contributed by atoms with van der Waals surface area (Å²) in [6.45, 7) is 5.43. The molecule has 2 atom stereocenters. The second-order valence-electron chi connectivity index (χ2n) is 4.20. The summed E-state index contributed by atoms with van der Waals surface area (Å²) in [5, 5.41) is 6.56. The summed E-state index contributed by atoms with van der Waals surface area (Å²) in [4.78, 5) is 0.293. The highest BCUT2D eigenvalue weighted by Crippen LogP contribution is 2.31. The molecule has 1 aliphatic rings. The summed E-state index contributed by atoms with van der Waals surface area (Å²) in [5.41, 5.74) is 1.11. The third-order valence-electron chi connectivity index (χ3n) is 2.75. The van der Waals surface area contributed by atoms with Gasteiger partial charge in [-0.05, 0) is 26.2 Å². The summed E-state index contributed by atoms with van der Waals surface area (Å²) in [6, 6.07) is 0.101. The lowest BCUT2D eigenvalue weighted by Gasteiger charge is -2.05. The smallest absolute Gasteiger partial charge is 0.244 e. The topological polar surface area (TPSA) is 74.8 Å². The maximum atomic E-state index is 12.0. The van der Waals surface area contributed by atoms with E-state index in [-0.39, 0.29) is 6.04 Å². The molecule has 0 bridgehead atoms. The third-order valence-corrected chi connectivity index (χ3v) is 4.50. The second-order valence-corrected chi connectivity index (χ2v) is 5.85. The van der Waals surface area contributed by atoms with Crippen LogP contribution in [0.3, 0.4) is 0 Å². The maximum absolute atomic E-state index is 12.0. The zero-order valence-corrected chi connectivity index (χ0v) is 9.85. The van der Waals surface area contributed by atoms with Crippen LogP contribution in [0.15, 0.2) is 4.90 Å². The summed E-state index contributed by atoms with van der Waals surface area (Å²) in [6.07, 6.45) is 0.926. The molecular weight excluding hydrogens is 214 g/mol. The Labute approximate surface area is 89.3 Å². The van der Waals surface area contributed by atoms with Crippen LogP contribution in [0.1, 0.15) is 24.7 Å². The number of aromatic nitrogens is 2. The number of aryl methyl sites for hydroxylation is 2. The molecule has 84 valence electrons. The summed E-state index contributed by atoms with van der Waals surface area (Å²) >= 11 is 0. The van der Waals surface area contributed by atoms with Crippen LogP contribution in [0.2, 0.25) is 0 Å². The van der Waals surface area contributed by atoms with Crippen molar-refractivity contribution in [1.82, 2.24) is 14.9 Å². The van der Waals surface area contributed by atoms with E-state index in [2.05, 4.69) is 14.9 Å². The van der Waals surface area contributed by atoms with E-state index in [1.165, 1.54) is 0 Å². The normalized spacial score (nSPS) is 25.5. The molecule has 5 nitrogen and oxygen atoms in total. The molecule has 0 saturated heterocycles. The van der Waals surface area contributed by atoms with Gasteiger partial charge in [0.15, 0.2) is 0 Å². The van der Waals surface area contributed by atoms with Crippen molar-refractivity contribution < 1.29 is 8.42 Å². The molecule has 15 heavy (non-hydrogen) atoms. The fourth-order valence-corrected chi connectivity index (χ4v) is 3.41. The lowest BCUT2D eigenvalue weighted by molar-refractivity contribution is 0.577. The van der Waals surface area contributed by atoms with Crippen LogP contribution in [0.25, 0.3) is 0 Å². The minimum Gasteiger partial charge on any atom is -0.281 e. The first-order valence-corrected chi connectivity index (χ1v) is 6.44. The highest BCUT2D eigenvalue weighted by Gasteiger charge is 2.37. The molecule has 2 rings (SSSR count). The van der Waals surface area contributed by atoms with Crippen molar-refractivity contribution in [2.75, 3.05) is 0 Å². The van der Waals surface area contributed by atoms with E-state index < -0.39 is 10.0 Å². The minimum atomic E-state index is -3.39. The monoisotopic (exact) mass is 229 g/mol. The van der Waals surface area contributed by atoms with Crippen LogP contribution in [0.5, 0.6) is 0 Å². The minimum absolute atomic E-state index is 0.101. The van der Waals surface area contributed by atoms with Crippen molar-refractivity contribution in [3.8, 4) is 0 Å². The predicted octanol–water partition coefficient (Wildman–Crippen LogP) is 0.713. The lowest BCUT2D eigenvalue weighted by Crippen LogP contribution is -2.27. The van der Waals surface area contributed by atoms with E-state index in [1.807, 2.05) is 6.92 Å². The SMILES string of the molecule is Cc1n[nH]c(C)c1S(=O)(=O)NC1CC1C. The van der Waals surface area contributed by atoms with E-state index in [0.717, 1.165) is 6.42 Å². The van der Waals surface area contributed by atoms with E-state index in [9.17, 15) is 8.42 Å². The van der Waals surface area contributed by atoms with Gasteiger partial charge in [-0.3, -0.25) is 5.10 Å². The maximum Gasteiger partial charge on any atom is 0.244 e. The number of hydrogen-bond acceptors (Lipinski definition) is 3. The summed E-state index contributed by atoms with van der Waals surface area (Å²) < 4.78 is 26.6. The molecule has 1 fully saturated rings. The van der Waals surface area contributed by atoms with Crippen LogP contribution in [0.4, 0.5) is 0 Å². The van der Waals surface area contributed by atoms with E-state index >= 15 is 0 Å². The molecule has 1 aliphatic carbocycles. The zero-order chi connectivity index (χ0) is 11.2. The Morgan fingerprint density at radius 3 is 2.47 bits per heavy atom. The van der Waals surface area contributed by atoms with Gasteiger partial charge in [0.05, 0.1) is 11.4 Å². The van der Waals surface area contributed by atoms with Crippen LogP contribution < -0.4 is 4.72 Å². The number of hydrogen-bond donors (Lipinski definition) is 2. The van der Waals surface area contributed by atoms with Crippen LogP contribution in [-0.4, -0.2) is 24.7 Å². The van der Waals surface area contributed by atoms with Gasteiger partial charge in [0.25, 0.3) is 0 Å². The second kappa shape index (κ2) is 3.31.